The predicted octanol–water partition coefficient (Wildman–Crippen LogP) is 2.99. The Morgan fingerprint density at radius 1 is 0.769 bits per heavy atom. The van der Waals surface area contributed by atoms with Gasteiger partial charge in [-0.1, -0.05) is 0 Å². The largest absolute Gasteiger partial charge is 0.445 e. The van der Waals surface area contributed by atoms with Crippen LogP contribution in [0.25, 0.3) is 0 Å². The molecule has 3 amide bonds. The average Bonchev–Trinajstić information content (AvgIpc) is 3.61. The predicted molar refractivity (Wildman–Crippen MR) is 134 cm³/mol. The lowest BCUT2D eigenvalue weighted by Gasteiger charge is -2.19. The molecule has 4 rings (SSSR count). The van der Waals surface area contributed by atoms with Crippen molar-refractivity contribution < 1.29 is 33.7 Å². The average molecular weight is 542 g/mol. The molecular weight excluding hydrogens is 514 g/mol. The number of ether oxygens (including phenoxy) is 2. The first-order chi connectivity index (χ1) is 18.7. The number of amides is 3. The summed E-state index contributed by atoms with van der Waals surface area (Å²) in [6.07, 6.45) is -0.0579. The van der Waals surface area contributed by atoms with Gasteiger partial charge in [0.25, 0.3) is 11.4 Å². The maximum absolute atomic E-state index is 12.8. The summed E-state index contributed by atoms with van der Waals surface area (Å²) in [5, 5.41) is 24.4. The second-order valence-corrected chi connectivity index (χ2v) is 9.33. The number of carbonyl (C=O) groups excluding carboxylic acids is 3. The quantitative estimate of drug-likeness (QED) is 0.389. The molecule has 0 saturated carbocycles. The SMILES string of the molecule is O=C(NC1CCN(C(=O)OCc2ccc([N+](=O)[O-])cc2)C1)[C@H]1CCN(C(=O)OCc2ccc([N+](=O)[O-])cc2)C1. The van der Waals surface area contributed by atoms with Crippen molar-refractivity contribution in [3.63, 3.8) is 0 Å². The van der Waals surface area contributed by atoms with Gasteiger partial charge < -0.3 is 24.6 Å². The molecule has 2 saturated heterocycles. The van der Waals surface area contributed by atoms with E-state index in [4.69, 9.17) is 9.47 Å². The summed E-state index contributed by atoms with van der Waals surface area (Å²) < 4.78 is 10.6. The maximum Gasteiger partial charge on any atom is 0.410 e. The smallest absolute Gasteiger partial charge is 0.410 e. The molecular formula is C25H27N5O9. The molecule has 14 heteroatoms. The zero-order valence-corrected chi connectivity index (χ0v) is 20.9. The highest BCUT2D eigenvalue weighted by Crippen LogP contribution is 2.20. The molecule has 2 fully saturated rings. The molecule has 0 aliphatic carbocycles. The Kier molecular flexibility index (Phi) is 8.53. The van der Waals surface area contributed by atoms with Crippen LogP contribution in [0.2, 0.25) is 0 Å². The van der Waals surface area contributed by atoms with E-state index in [0.29, 0.717) is 43.6 Å². The van der Waals surface area contributed by atoms with Gasteiger partial charge >= 0.3 is 12.2 Å². The summed E-state index contributed by atoms with van der Waals surface area (Å²) in [7, 11) is 0. The molecule has 39 heavy (non-hydrogen) atoms. The summed E-state index contributed by atoms with van der Waals surface area (Å²) in [6.45, 7) is 1.21. The molecule has 2 aliphatic rings. The number of carbonyl (C=O) groups is 3. The highest BCUT2D eigenvalue weighted by atomic mass is 16.6. The molecule has 2 aromatic carbocycles. The minimum absolute atomic E-state index is 0.0252. The number of hydrogen-bond acceptors (Lipinski definition) is 9. The van der Waals surface area contributed by atoms with Crippen LogP contribution >= 0.6 is 0 Å². The Morgan fingerprint density at radius 3 is 1.72 bits per heavy atom. The van der Waals surface area contributed by atoms with Gasteiger partial charge in [0, 0.05) is 56.5 Å². The second kappa shape index (κ2) is 12.2. The van der Waals surface area contributed by atoms with Gasteiger partial charge in [-0.2, -0.15) is 0 Å². The number of nitrogens with zero attached hydrogens (tertiary/aromatic N) is 4. The van der Waals surface area contributed by atoms with Gasteiger partial charge in [-0.15, -0.1) is 0 Å². The van der Waals surface area contributed by atoms with Crippen molar-refractivity contribution in [2.75, 3.05) is 26.2 Å². The number of benzene rings is 2. The first-order valence-corrected chi connectivity index (χ1v) is 12.3. The monoisotopic (exact) mass is 541 g/mol. The minimum atomic E-state index is -0.563. The fraction of sp³-hybridized carbons (Fsp3) is 0.400. The fourth-order valence-electron chi connectivity index (χ4n) is 4.40. The van der Waals surface area contributed by atoms with Crippen LogP contribution < -0.4 is 5.32 Å². The van der Waals surface area contributed by atoms with Gasteiger partial charge in [-0.05, 0) is 48.2 Å². The summed E-state index contributed by atoms with van der Waals surface area (Å²) in [5.41, 5.74) is 1.13. The molecule has 2 atom stereocenters. The van der Waals surface area contributed by atoms with Crippen molar-refractivity contribution in [2.24, 2.45) is 5.92 Å². The van der Waals surface area contributed by atoms with E-state index in [1.807, 2.05) is 0 Å². The van der Waals surface area contributed by atoms with Crippen molar-refractivity contribution >= 4 is 29.5 Å². The van der Waals surface area contributed by atoms with E-state index in [0.717, 1.165) is 0 Å². The van der Waals surface area contributed by atoms with Crippen LogP contribution in [-0.2, 0) is 27.5 Å². The molecule has 206 valence electrons. The zero-order valence-electron chi connectivity index (χ0n) is 20.9. The topological polar surface area (TPSA) is 174 Å². The van der Waals surface area contributed by atoms with Crippen LogP contribution in [-0.4, -0.2) is 70.0 Å². The Morgan fingerprint density at radius 2 is 1.23 bits per heavy atom. The molecule has 14 nitrogen and oxygen atoms in total. The summed E-state index contributed by atoms with van der Waals surface area (Å²) in [5.74, 6) is -0.605. The first kappa shape index (κ1) is 27.3. The first-order valence-electron chi connectivity index (χ1n) is 12.3. The number of nitrogens with one attached hydrogen (secondary N) is 1. The van der Waals surface area contributed by atoms with Crippen molar-refractivity contribution in [3.05, 3.63) is 79.9 Å². The van der Waals surface area contributed by atoms with Crippen LogP contribution in [0.4, 0.5) is 21.0 Å². The lowest BCUT2D eigenvalue weighted by atomic mass is 10.1. The number of non-ortho nitro benzene ring substituents is 2. The van der Waals surface area contributed by atoms with Crippen LogP contribution in [0.1, 0.15) is 24.0 Å². The van der Waals surface area contributed by atoms with Crippen molar-refractivity contribution in [1.29, 1.82) is 0 Å². The maximum atomic E-state index is 12.8. The van der Waals surface area contributed by atoms with E-state index >= 15 is 0 Å². The van der Waals surface area contributed by atoms with Crippen molar-refractivity contribution in [3.8, 4) is 0 Å². The van der Waals surface area contributed by atoms with Crippen LogP contribution in [0.3, 0.4) is 0 Å². The summed E-state index contributed by atoms with van der Waals surface area (Å²) in [4.78, 5) is 61.0. The van der Waals surface area contributed by atoms with E-state index in [9.17, 15) is 34.6 Å². The molecule has 1 N–H and O–H groups in total. The molecule has 0 aromatic heterocycles. The number of likely N-dealkylation sites (tertiary alicyclic amines) is 2. The van der Waals surface area contributed by atoms with E-state index in [2.05, 4.69) is 5.32 Å². The van der Waals surface area contributed by atoms with Crippen molar-refractivity contribution in [2.45, 2.75) is 32.1 Å². The van der Waals surface area contributed by atoms with E-state index < -0.39 is 28.0 Å². The van der Waals surface area contributed by atoms with Gasteiger partial charge in [0.05, 0.1) is 15.8 Å². The third-order valence-corrected chi connectivity index (χ3v) is 6.63. The fourth-order valence-corrected chi connectivity index (χ4v) is 4.40. The number of rotatable bonds is 8. The number of hydrogen-bond donors (Lipinski definition) is 1. The van der Waals surface area contributed by atoms with Crippen LogP contribution in [0, 0.1) is 26.1 Å². The third-order valence-electron chi connectivity index (χ3n) is 6.63. The highest BCUT2D eigenvalue weighted by Gasteiger charge is 2.35. The van der Waals surface area contributed by atoms with Gasteiger partial charge in [0.15, 0.2) is 0 Å². The van der Waals surface area contributed by atoms with E-state index in [1.54, 1.807) is 0 Å². The second-order valence-electron chi connectivity index (χ2n) is 9.33. The molecule has 1 unspecified atom stereocenters. The zero-order chi connectivity index (χ0) is 27.9. The van der Waals surface area contributed by atoms with Gasteiger partial charge in [0.2, 0.25) is 5.91 Å². The Bertz CT molecular complexity index is 1240. The lowest BCUT2D eigenvalue weighted by Crippen LogP contribution is -2.42. The van der Waals surface area contributed by atoms with Gasteiger partial charge in [-0.3, -0.25) is 25.0 Å². The third kappa shape index (κ3) is 7.18. The number of nitro benzene ring substituents is 2. The van der Waals surface area contributed by atoms with Crippen LogP contribution in [0.15, 0.2) is 48.5 Å². The van der Waals surface area contributed by atoms with Gasteiger partial charge in [0.1, 0.15) is 13.2 Å². The molecule has 0 spiro atoms. The number of nitro groups is 2. The summed E-state index contributed by atoms with van der Waals surface area (Å²) in [6, 6.07) is 11.2. The minimum Gasteiger partial charge on any atom is -0.445 e. The van der Waals surface area contributed by atoms with E-state index in [-0.39, 0.29) is 43.1 Å². The molecule has 2 aromatic rings. The van der Waals surface area contributed by atoms with Crippen LogP contribution in [0.5, 0.6) is 0 Å². The van der Waals surface area contributed by atoms with E-state index in [1.165, 1.54) is 58.3 Å². The Balaban J connectivity index is 1.16. The molecule has 0 radical (unpaired) electrons. The highest BCUT2D eigenvalue weighted by molar-refractivity contribution is 5.81. The standard InChI is InChI=1S/C25H27N5O9/c31-23(19-9-11-27(13-19)24(32)38-15-17-1-5-21(6-2-17)29(34)35)26-20-10-12-28(14-20)25(33)39-16-18-3-7-22(8-4-18)30(36)37/h1-8,19-20H,9-16H2,(H,26,31)/t19-,20?/m0/s1. The normalized spacial score (nSPS) is 18.5. The lowest BCUT2D eigenvalue weighted by molar-refractivity contribution is -0.385. The molecule has 2 aliphatic heterocycles. The molecule has 0 bridgehead atoms. The Hall–Kier alpha value is -4.75. The van der Waals surface area contributed by atoms with Crippen molar-refractivity contribution in [1.82, 2.24) is 15.1 Å². The summed E-state index contributed by atoms with van der Waals surface area (Å²) >= 11 is 0. The Labute approximate surface area is 222 Å². The molecule has 2 heterocycles. The van der Waals surface area contributed by atoms with Gasteiger partial charge in [-0.25, -0.2) is 9.59 Å².